The molecule has 2 aromatic carbocycles. The number of esters is 1. The number of non-ortho nitro benzene ring substituents is 1. The van der Waals surface area contributed by atoms with Gasteiger partial charge < -0.3 is 15.0 Å². The van der Waals surface area contributed by atoms with E-state index in [1.165, 1.54) is 12.1 Å². The van der Waals surface area contributed by atoms with Gasteiger partial charge in [-0.2, -0.15) is 0 Å². The van der Waals surface area contributed by atoms with Crippen LogP contribution in [0, 0.1) is 16.0 Å². The van der Waals surface area contributed by atoms with Crippen LogP contribution in [0.4, 0.5) is 11.4 Å². The highest BCUT2D eigenvalue weighted by molar-refractivity contribution is 5.98. The van der Waals surface area contributed by atoms with Crippen molar-refractivity contribution in [2.24, 2.45) is 5.92 Å². The largest absolute Gasteiger partial charge is 0.444 e. The summed E-state index contributed by atoms with van der Waals surface area (Å²) in [5.74, 6) is -0.541. The van der Waals surface area contributed by atoms with Gasteiger partial charge in [0.1, 0.15) is 0 Å². The molecule has 1 saturated heterocycles. The number of piperidine rings is 1. The number of rotatable bonds is 7. The SMILES string of the molecule is CC1CCN(c2ccc([N+](=O)[O-])cc2C(=O)O[C@@H](C(=O)NC2CC2)c2ccccc2)CC1. The molecule has 0 radical (unpaired) electrons. The number of carbonyl (C=O) groups is 2. The average Bonchev–Trinajstić information content (AvgIpc) is 3.62. The van der Waals surface area contributed by atoms with Gasteiger partial charge >= 0.3 is 5.97 Å². The Morgan fingerprint density at radius 2 is 1.78 bits per heavy atom. The molecule has 4 rings (SSSR count). The Labute approximate surface area is 186 Å². The first-order chi connectivity index (χ1) is 15.4. The van der Waals surface area contributed by atoms with Crippen molar-refractivity contribution in [3.8, 4) is 0 Å². The number of nitro groups is 1. The van der Waals surface area contributed by atoms with Crippen LogP contribution < -0.4 is 10.2 Å². The third-order valence-corrected chi connectivity index (χ3v) is 6.02. The summed E-state index contributed by atoms with van der Waals surface area (Å²) in [5, 5.41) is 14.2. The van der Waals surface area contributed by atoms with E-state index in [1.54, 1.807) is 30.3 Å². The van der Waals surface area contributed by atoms with Gasteiger partial charge in [0.2, 0.25) is 6.10 Å². The standard InChI is InChI=1S/C24H27N3O5/c1-16-11-13-26(14-12-16)21-10-9-19(27(30)31)15-20(21)24(29)32-22(17-5-3-2-4-6-17)23(28)25-18-7-8-18/h2-6,9-10,15-16,18,22H,7-8,11-14H2,1H3,(H,25,28)/t22-/m1/s1. The van der Waals surface area contributed by atoms with Crippen LogP contribution in [-0.2, 0) is 9.53 Å². The van der Waals surface area contributed by atoms with Crippen molar-refractivity contribution in [2.75, 3.05) is 18.0 Å². The van der Waals surface area contributed by atoms with E-state index in [-0.39, 0.29) is 23.2 Å². The van der Waals surface area contributed by atoms with E-state index in [0.717, 1.165) is 38.8 Å². The van der Waals surface area contributed by atoms with Gasteiger partial charge in [-0.15, -0.1) is 0 Å². The molecule has 0 spiro atoms. The zero-order valence-electron chi connectivity index (χ0n) is 18.0. The molecule has 32 heavy (non-hydrogen) atoms. The summed E-state index contributed by atoms with van der Waals surface area (Å²) in [6.45, 7) is 3.69. The molecule has 2 aromatic rings. The third-order valence-electron chi connectivity index (χ3n) is 6.02. The molecular formula is C24H27N3O5. The van der Waals surface area contributed by atoms with Crippen LogP contribution in [0.2, 0.25) is 0 Å². The minimum absolute atomic E-state index is 0.105. The molecule has 1 aliphatic heterocycles. The molecule has 1 amide bonds. The Balaban J connectivity index is 1.64. The predicted octanol–water partition coefficient (Wildman–Crippen LogP) is 4.01. The fourth-order valence-electron chi connectivity index (χ4n) is 3.90. The van der Waals surface area contributed by atoms with Crippen LogP contribution in [0.1, 0.15) is 54.6 Å². The van der Waals surface area contributed by atoms with Gasteiger partial charge in [-0.1, -0.05) is 37.3 Å². The van der Waals surface area contributed by atoms with Crippen LogP contribution in [0.5, 0.6) is 0 Å². The van der Waals surface area contributed by atoms with Gasteiger partial charge in [-0.05, 0) is 37.7 Å². The van der Waals surface area contributed by atoms with E-state index in [4.69, 9.17) is 4.74 Å². The minimum Gasteiger partial charge on any atom is -0.444 e. The Morgan fingerprint density at radius 3 is 2.41 bits per heavy atom. The quantitative estimate of drug-likeness (QED) is 0.399. The first kappa shape index (κ1) is 21.8. The number of amides is 1. The van der Waals surface area contributed by atoms with Crippen molar-refractivity contribution in [3.63, 3.8) is 0 Å². The van der Waals surface area contributed by atoms with E-state index >= 15 is 0 Å². The predicted molar refractivity (Wildman–Crippen MR) is 119 cm³/mol. The Bertz CT molecular complexity index is 998. The van der Waals surface area contributed by atoms with E-state index in [1.807, 2.05) is 6.07 Å². The monoisotopic (exact) mass is 437 g/mol. The summed E-state index contributed by atoms with van der Waals surface area (Å²) in [6, 6.07) is 13.2. The number of nitro benzene ring substituents is 1. The molecule has 8 nitrogen and oxygen atoms in total. The second-order valence-corrected chi connectivity index (χ2v) is 8.61. The number of hydrogen-bond donors (Lipinski definition) is 1. The molecule has 0 unspecified atom stereocenters. The number of hydrogen-bond acceptors (Lipinski definition) is 6. The topological polar surface area (TPSA) is 102 Å². The molecule has 2 aliphatic rings. The van der Waals surface area contributed by atoms with E-state index < -0.39 is 17.0 Å². The molecule has 1 aliphatic carbocycles. The highest BCUT2D eigenvalue weighted by atomic mass is 16.6. The summed E-state index contributed by atoms with van der Waals surface area (Å²) in [7, 11) is 0. The van der Waals surface area contributed by atoms with E-state index in [9.17, 15) is 19.7 Å². The fourth-order valence-corrected chi connectivity index (χ4v) is 3.90. The summed E-state index contributed by atoms with van der Waals surface area (Å²) < 4.78 is 5.70. The van der Waals surface area contributed by atoms with Crippen molar-refractivity contribution in [1.82, 2.24) is 5.32 Å². The molecule has 1 heterocycles. The minimum atomic E-state index is -1.13. The summed E-state index contributed by atoms with van der Waals surface area (Å²) in [4.78, 5) is 39.0. The lowest BCUT2D eigenvalue weighted by Gasteiger charge is -2.33. The lowest BCUT2D eigenvalue weighted by Crippen LogP contribution is -2.35. The van der Waals surface area contributed by atoms with Crippen molar-refractivity contribution >= 4 is 23.3 Å². The zero-order valence-corrected chi connectivity index (χ0v) is 18.0. The lowest BCUT2D eigenvalue weighted by atomic mass is 9.98. The van der Waals surface area contributed by atoms with Crippen molar-refractivity contribution in [3.05, 3.63) is 69.8 Å². The maximum atomic E-state index is 13.3. The van der Waals surface area contributed by atoms with Gasteiger partial charge in [0, 0.05) is 36.8 Å². The number of anilines is 1. The van der Waals surface area contributed by atoms with Crippen LogP contribution in [0.25, 0.3) is 0 Å². The number of nitrogens with one attached hydrogen (secondary N) is 1. The van der Waals surface area contributed by atoms with Gasteiger partial charge in [-0.3, -0.25) is 14.9 Å². The zero-order chi connectivity index (χ0) is 22.7. The molecule has 1 atom stereocenters. The summed E-state index contributed by atoms with van der Waals surface area (Å²) in [5.41, 5.74) is 1.07. The maximum absolute atomic E-state index is 13.3. The molecule has 168 valence electrons. The summed E-state index contributed by atoms with van der Waals surface area (Å²) in [6.07, 6.45) is 2.63. The maximum Gasteiger partial charge on any atom is 0.341 e. The molecule has 8 heteroatoms. The van der Waals surface area contributed by atoms with Crippen molar-refractivity contribution in [2.45, 2.75) is 44.8 Å². The first-order valence-electron chi connectivity index (χ1n) is 11.0. The van der Waals surface area contributed by atoms with Crippen LogP contribution in [0.3, 0.4) is 0 Å². The van der Waals surface area contributed by atoms with Gasteiger partial charge in [0.15, 0.2) is 0 Å². The molecule has 0 aromatic heterocycles. The fraction of sp³-hybridized carbons (Fsp3) is 0.417. The van der Waals surface area contributed by atoms with Crippen LogP contribution >= 0.6 is 0 Å². The van der Waals surface area contributed by atoms with E-state index in [0.29, 0.717) is 17.2 Å². The van der Waals surface area contributed by atoms with Crippen LogP contribution in [0.15, 0.2) is 48.5 Å². The Morgan fingerprint density at radius 1 is 1.09 bits per heavy atom. The second-order valence-electron chi connectivity index (χ2n) is 8.61. The molecule has 1 saturated carbocycles. The van der Waals surface area contributed by atoms with Gasteiger partial charge in [0.05, 0.1) is 16.2 Å². The highest BCUT2D eigenvalue weighted by Gasteiger charge is 2.32. The normalized spacial score (nSPS) is 17.5. The van der Waals surface area contributed by atoms with E-state index in [2.05, 4.69) is 17.1 Å². The van der Waals surface area contributed by atoms with Crippen molar-refractivity contribution < 1.29 is 19.2 Å². The molecule has 1 N–H and O–H groups in total. The number of benzene rings is 2. The van der Waals surface area contributed by atoms with Crippen molar-refractivity contribution in [1.29, 1.82) is 0 Å². The lowest BCUT2D eigenvalue weighted by molar-refractivity contribution is -0.384. The Kier molecular flexibility index (Phi) is 6.39. The molecular weight excluding hydrogens is 410 g/mol. The summed E-state index contributed by atoms with van der Waals surface area (Å²) >= 11 is 0. The highest BCUT2D eigenvalue weighted by Crippen LogP contribution is 2.31. The average molecular weight is 437 g/mol. The second kappa shape index (κ2) is 9.38. The molecule has 0 bridgehead atoms. The number of nitrogens with zero attached hydrogens (tertiary/aromatic N) is 2. The number of carbonyl (C=O) groups excluding carboxylic acids is 2. The van der Waals surface area contributed by atoms with Gasteiger partial charge in [-0.25, -0.2) is 4.79 Å². The third kappa shape index (κ3) is 5.07. The van der Waals surface area contributed by atoms with Crippen LogP contribution in [-0.4, -0.2) is 35.9 Å². The number of ether oxygens (including phenoxy) is 1. The first-order valence-corrected chi connectivity index (χ1v) is 11.0. The smallest absolute Gasteiger partial charge is 0.341 e. The molecule has 2 fully saturated rings. The Hall–Kier alpha value is -3.42. The van der Waals surface area contributed by atoms with Gasteiger partial charge in [0.25, 0.3) is 11.6 Å².